The number of hydrogen-bond donors (Lipinski definition) is 1. The maximum atomic E-state index is 12.5. The van der Waals surface area contributed by atoms with Crippen molar-refractivity contribution in [2.45, 2.75) is 24.8 Å². The molecule has 1 aromatic carbocycles. The third kappa shape index (κ3) is 4.54. The van der Waals surface area contributed by atoms with Gasteiger partial charge in [0.15, 0.2) is 22.3 Å². The van der Waals surface area contributed by atoms with Gasteiger partial charge in [-0.3, -0.25) is 4.79 Å². The van der Waals surface area contributed by atoms with Crippen LogP contribution < -0.4 is 19.7 Å². The Kier molecular flexibility index (Phi) is 5.82. The monoisotopic (exact) mass is 457 g/mol. The number of fused-ring (bicyclic) bond motifs is 2. The molecule has 0 spiro atoms. The summed E-state index contributed by atoms with van der Waals surface area (Å²) in [6.07, 6.45) is 3.89. The first-order chi connectivity index (χ1) is 15.2. The van der Waals surface area contributed by atoms with Crippen molar-refractivity contribution in [1.29, 1.82) is 0 Å². The highest BCUT2D eigenvalue weighted by molar-refractivity contribution is 8.00. The van der Waals surface area contributed by atoms with Gasteiger partial charge in [-0.15, -0.1) is 0 Å². The number of amides is 1. The van der Waals surface area contributed by atoms with Crippen LogP contribution in [0.25, 0.3) is 10.3 Å². The molecule has 1 N–H and O–H groups in total. The summed E-state index contributed by atoms with van der Waals surface area (Å²) in [7, 11) is 0. The Balaban J connectivity index is 1.24. The molecule has 4 heterocycles. The van der Waals surface area contributed by atoms with Crippen molar-refractivity contribution < 1.29 is 14.3 Å². The van der Waals surface area contributed by atoms with Gasteiger partial charge in [0.2, 0.25) is 5.91 Å². The molecule has 8 nitrogen and oxygen atoms in total. The summed E-state index contributed by atoms with van der Waals surface area (Å²) < 4.78 is 12.0. The highest BCUT2D eigenvalue weighted by Crippen LogP contribution is 2.36. The number of carbonyl (C=O) groups excluding carboxylic acids is 1. The highest BCUT2D eigenvalue weighted by atomic mass is 32.2. The maximum Gasteiger partial charge on any atom is 0.234 e. The lowest BCUT2D eigenvalue weighted by Gasteiger charge is -2.29. The number of nitrogens with one attached hydrogen (secondary N) is 1. The maximum absolute atomic E-state index is 12.5. The van der Waals surface area contributed by atoms with Gasteiger partial charge in [0.05, 0.1) is 5.75 Å². The van der Waals surface area contributed by atoms with Gasteiger partial charge < -0.3 is 19.7 Å². The summed E-state index contributed by atoms with van der Waals surface area (Å²) in [6.45, 7) is 5.39. The van der Waals surface area contributed by atoms with E-state index in [1.807, 2.05) is 12.1 Å². The van der Waals surface area contributed by atoms with E-state index in [2.05, 4.69) is 27.1 Å². The van der Waals surface area contributed by atoms with Gasteiger partial charge in [-0.05, 0) is 30.9 Å². The molecule has 0 atom stereocenters. The standard InChI is InChI=1S/C21H23N5O3S2/c1-13-4-6-26(7-5-13)21-25-19-18(31-21)20(23-12-22-19)30-11-17(27)24-14-2-3-15-16(10-14)29-9-8-28-15/h2-3,10,12-13H,4-9,11H2,1H3,(H,24,27). The van der Waals surface area contributed by atoms with Gasteiger partial charge in [-0.2, -0.15) is 4.98 Å². The van der Waals surface area contributed by atoms with Crippen molar-refractivity contribution in [2.24, 2.45) is 5.92 Å². The van der Waals surface area contributed by atoms with Gasteiger partial charge in [0, 0.05) is 24.8 Å². The number of thioether (sulfide) groups is 1. The van der Waals surface area contributed by atoms with Gasteiger partial charge in [0.1, 0.15) is 29.3 Å². The lowest BCUT2D eigenvalue weighted by molar-refractivity contribution is -0.113. The van der Waals surface area contributed by atoms with E-state index >= 15 is 0 Å². The minimum Gasteiger partial charge on any atom is -0.486 e. The Morgan fingerprint density at radius 1 is 1.23 bits per heavy atom. The number of carbonyl (C=O) groups is 1. The number of benzene rings is 1. The molecule has 0 radical (unpaired) electrons. The second-order valence-corrected chi connectivity index (χ2v) is 9.63. The number of rotatable bonds is 5. The molecule has 1 amide bonds. The quantitative estimate of drug-likeness (QED) is 0.457. The van der Waals surface area contributed by atoms with E-state index in [0.29, 0.717) is 36.0 Å². The van der Waals surface area contributed by atoms with E-state index in [0.717, 1.165) is 33.9 Å². The van der Waals surface area contributed by atoms with Crippen molar-refractivity contribution in [3.05, 3.63) is 24.5 Å². The molecule has 0 bridgehead atoms. The number of nitrogens with zero attached hydrogens (tertiary/aromatic N) is 4. The molecule has 3 aromatic rings. The first-order valence-electron chi connectivity index (χ1n) is 10.3. The molecule has 5 rings (SSSR count). The van der Waals surface area contributed by atoms with Crippen LogP contribution in [-0.4, -0.2) is 52.9 Å². The first kappa shape index (κ1) is 20.3. The lowest BCUT2D eigenvalue weighted by Crippen LogP contribution is -2.32. The van der Waals surface area contributed by atoms with Crippen molar-refractivity contribution in [1.82, 2.24) is 15.0 Å². The van der Waals surface area contributed by atoms with E-state index in [1.165, 1.54) is 30.9 Å². The summed E-state index contributed by atoms with van der Waals surface area (Å²) in [5.41, 5.74) is 1.38. The van der Waals surface area contributed by atoms with Crippen molar-refractivity contribution >= 4 is 50.2 Å². The molecule has 2 aliphatic rings. The third-order valence-electron chi connectivity index (χ3n) is 5.37. The molecular formula is C21H23N5O3S2. The zero-order chi connectivity index (χ0) is 21.2. The molecule has 10 heteroatoms. The highest BCUT2D eigenvalue weighted by Gasteiger charge is 2.21. The summed E-state index contributed by atoms with van der Waals surface area (Å²) in [4.78, 5) is 28.3. The van der Waals surface area contributed by atoms with Crippen LogP contribution in [0.2, 0.25) is 0 Å². The minimum absolute atomic E-state index is 0.108. The van der Waals surface area contributed by atoms with Crippen LogP contribution in [0.1, 0.15) is 19.8 Å². The number of piperidine rings is 1. The smallest absolute Gasteiger partial charge is 0.234 e. The fourth-order valence-corrected chi connectivity index (χ4v) is 5.55. The second-order valence-electron chi connectivity index (χ2n) is 7.69. The average molecular weight is 458 g/mol. The molecule has 162 valence electrons. The fraction of sp³-hybridized carbons (Fsp3) is 0.429. The van der Waals surface area contributed by atoms with Crippen LogP contribution >= 0.6 is 23.1 Å². The Labute approximate surface area is 188 Å². The topological polar surface area (TPSA) is 89.5 Å². The molecule has 1 fully saturated rings. The molecule has 2 aromatic heterocycles. The normalized spacial score (nSPS) is 16.5. The number of thiazole rings is 1. The van der Waals surface area contributed by atoms with Gasteiger partial charge >= 0.3 is 0 Å². The Morgan fingerprint density at radius 2 is 2.03 bits per heavy atom. The van der Waals surface area contributed by atoms with Crippen LogP contribution in [-0.2, 0) is 4.79 Å². The molecule has 0 saturated carbocycles. The van der Waals surface area contributed by atoms with Crippen LogP contribution in [0, 0.1) is 5.92 Å². The number of ether oxygens (including phenoxy) is 2. The molecule has 0 aliphatic carbocycles. The predicted octanol–water partition coefficient (Wildman–Crippen LogP) is 3.82. The average Bonchev–Trinajstić information content (AvgIpc) is 3.23. The number of anilines is 2. The van der Waals surface area contributed by atoms with E-state index in [4.69, 9.17) is 14.5 Å². The van der Waals surface area contributed by atoms with Crippen LogP contribution in [0.3, 0.4) is 0 Å². The molecule has 2 aliphatic heterocycles. The zero-order valence-electron chi connectivity index (χ0n) is 17.2. The molecule has 31 heavy (non-hydrogen) atoms. The Morgan fingerprint density at radius 3 is 2.87 bits per heavy atom. The predicted molar refractivity (Wildman–Crippen MR) is 123 cm³/mol. The number of hydrogen-bond acceptors (Lipinski definition) is 9. The molecular weight excluding hydrogens is 434 g/mol. The summed E-state index contributed by atoms with van der Waals surface area (Å²) in [5, 5.41) is 4.69. The lowest BCUT2D eigenvalue weighted by atomic mass is 10.00. The Bertz CT molecular complexity index is 1100. The number of aromatic nitrogens is 3. The van der Waals surface area contributed by atoms with E-state index in [-0.39, 0.29) is 11.7 Å². The summed E-state index contributed by atoms with van der Waals surface area (Å²) >= 11 is 3.01. The SMILES string of the molecule is CC1CCN(c2nc3ncnc(SCC(=O)Nc4ccc5c(c4)OCCO5)c3s2)CC1. The van der Waals surface area contributed by atoms with Gasteiger partial charge in [-0.25, -0.2) is 9.97 Å². The second kappa shape index (κ2) is 8.88. The van der Waals surface area contributed by atoms with Crippen molar-refractivity contribution in [3.63, 3.8) is 0 Å². The van der Waals surface area contributed by atoms with Crippen molar-refractivity contribution in [2.75, 3.05) is 42.3 Å². The van der Waals surface area contributed by atoms with Gasteiger partial charge in [0.25, 0.3) is 0 Å². The van der Waals surface area contributed by atoms with E-state index in [9.17, 15) is 4.79 Å². The minimum atomic E-state index is -0.108. The molecule has 0 unspecified atom stereocenters. The van der Waals surface area contributed by atoms with E-state index in [1.54, 1.807) is 17.4 Å². The van der Waals surface area contributed by atoms with Crippen molar-refractivity contribution in [3.8, 4) is 11.5 Å². The fourth-order valence-electron chi connectivity index (χ4n) is 3.61. The van der Waals surface area contributed by atoms with Crippen LogP contribution in [0.5, 0.6) is 11.5 Å². The van der Waals surface area contributed by atoms with Crippen LogP contribution in [0.4, 0.5) is 10.8 Å². The largest absolute Gasteiger partial charge is 0.486 e. The van der Waals surface area contributed by atoms with Gasteiger partial charge in [-0.1, -0.05) is 30.0 Å². The first-order valence-corrected chi connectivity index (χ1v) is 12.1. The zero-order valence-corrected chi connectivity index (χ0v) is 18.8. The van der Waals surface area contributed by atoms with E-state index < -0.39 is 0 Å². The summed E-state index contributed by atoms with van der Waals surface area (Å²) in [5.74, 6) is 2.26. The van der Waals surface area contributed by atoms with Crippen LogP contribution in [0.15, 0.2) is 29.6 Å². The summed E-state index contributed by atoms with van der Waals surface area (Å²) in [6, 6.07) is 5.41. The third-order valence-corrected chi connectivity index (χ3v) is 7.60. The Hall–Kier alpha value is -2.59. The molecule has 1 saturated heterocycles.